The van der Waals surface area contributed by atoms with Gasteiger partial charge in [-0.25, -0.2) is 0 Å². The molecule has 156 valence electrons. The summed E-state index contributed by atoms with van der Waals surface area (Å²) >= 11 is 13.3. The number of aromatic nitrogens is 1. The van der Waals surface area contributed by atoms with Crippen molar-refractivity contribution in [2.45, 2.75) is 12.8 Å². The summed E-state index contributed by atoms with van der Waals surface area (Å²) in [5.41, 5.74) is 2.72. The van der Waals surface area contributed by atoms with Crippen LogP contribution >= 0.6 is 34.5 Å². The largest absolute Gasteiger partial charge is 0.349 e. The van der Waals surface area contributed by atoms with E-state index >= 15 is 0 Å². The molecule has 2 aromatic heterocycles. The number of ketones is 1. The van der Waals surface area contributed by atoms with Crippen molar-refractivity contribution in [3.63, 3.8) is 0 Å². The van der Waals surface area contributed by atoms with Gasteiger partial charge in [0.05, 0.1) is 21.8 Å². The molecule has 0 aliphatic heterocycles. The number of hydrogen-bond acceptors (Lipinski definition) is 4. The highest BCUT2D eigenvalue weighted by atomic mass is 35.5. The lowest BCUT2D eigenvalue weighted by atomic mass is 9.82. The minimum atomic E-state index is -0.407. The van der Waals surface area contributed by atoms with Crippen molar-refractivity contribution in [1.29, 1.82) is 0 Å². The van der Waals surface area contributed by atoms with E-state index in [4.69, 9.17) is 23.2 Å². The maximum atomic E-state index is 12.7. The Balaban J connectivity index is 1.33. The number of amides is 2. The van der Waals surface area contributed by atoms with Gasteiger partial charge in [0, 0.05) is 25.1 Å². The van der Waals surface area contributed by atoms with Crippen molar-refractivity contribution < 1.29 is 14.4 Å². The molecule has 0 spiro atoms. The third-order valence-corrected chi connectivity index (χ3v) is 7.29. The second-order valence-corrected chi connectivity index (χ2v) is 9.36. The van der Waals surface area contributed by atoms with Gasteiger partial charge < -0.3 is 15.2 Å². The topological polar surface area (TPSA) is 82.3 Å². The molecule has 2 amide bonds. The van der Waals surface area contributed by atoms with E-state index in [1.165, 1.54) is 16.2 Å². The van der Waals surface area contributed by atoms with E-state index in [0.717, 1.165) is 22.2 Å². The fraction of sp³-hybridized carbons (Fsp3) is 0.286. The standard InChI is InChI=1S/C21H19Cl2N3O3S/c1-26(10-12-7-6-11-4-2-3-5-13(11)19(12)28)16(27)9-24-21(29)14-8-15-18(25-14)17(22)20(23)30-15/h2-5,8,12,25H,6-7,9-10H2,1H3,(H,24,29). The number of carbonyl (C=O) groups excluding carboxylic acids is 3. The molecule has 1 aliphatic rings. The zero-order chi connectivity index (χ0) is 21.4. The predicted molar refractivity (Wildman–Crippen MR) is 119 cm³/mol. The van der Waals surface area contributed by atoms with Crippen molar-refractivity contribution in [2.75, 3.05) is 20.1 Å². The number of benzene rings is 1. The smallest absolute Gasteiger partial charge is 0.268 e. The third-order valence-electron chi connectivity index (χ3n) is 5.35. The number of nitrogens with one attached hydrogen (secondary N) is 2. The molecule has 1 unspecified atom stereocenters. The molecule has 0 bridgehead atoms. The molecule has 2 N–H and O–H groups in total. The van der Waals surface area contributed by atoms with Crippen LogP contribution in [0.5, 0.6) is 0 Å². The molecule has 3 aromatic rings. The molecule has 2 heterocycles. The van der Waals surface area contributed by atoms with Gasteiger partial charge >= 0.3 is 0 Å². The van der Waals surface area contributed by atoms with Gasteiger partial charge in [-0.3, -0.25) is 14.4 Å². The SMILES string of the molecule is CN(CC1CCc2ccccc2C1=O)C(=O)CNC(=O)c1cc2sc(Cl)c(Cl)c2[nH]1. The van der Waals surface area contributed by atoms with Gasteiger partial charge in [-0.1, -0.05) is 47.5 Å². The highest BCUT2D eigenvalue weighted by Gasteiger charge is 2.29. The lowest BCUT2D eigenvalue weighted by molar-refractivity contribution is -0.129. The lowest BCUT2D eigenvalue weighted by Gasteiger charge is -2.27. The third kappa shape index (κ3) is 3.97. The van der Waals surface area contributed by atoms with Gasteiger partial charge in [-0.15, -0.1) is 11.3 Å². The van der Waals surface area contributed by atoms with Crippen LogP contribution in [0.2, 0.25) is 9.36 Å². The fourth-order valence-corrected chi connectivity index (χ4v) is 5.17. The maximum absolute atomic E-state index is 12.7. The summed E-state index contributed by atoms with van der Waals surface area (Å²) < 4.78 is 1.23. The fourth-order valence-electron chi connectivity index (χ4n) is 3.69. The molecule has 0 fully saturated rings. The minimum absolute atomic E-state index is 0.0718. The molecule has 0 radical (unpaired) electrons. The summed E-state index contributed by atoms with van der Waals surface area (Å²) in [7, 11) is 1.65. The average molecular weight is 464 g/mol. The Morgan fingerprint density at radius 2 is 2.07 bits per heavy atom. The Bertz CT molecular complexity index is 1150. The van der Waals surface area contributed by atoms with E-state index in [0.29, 0.717) is 33.5 Å². The molecule has 1 atom stereocenters. The van der Waals surface area contributed by atoms with E-state index in [2.05, 4.69) is 10.3 Å². The van der Waals surface area contributed by atoms with Crippen molar-refractivity contribution in [3.8, 4) is 0 Å². The van der Waals surface area contributed by atoms with Gasteiger partial charge in [-0.05, 0) is 24.5 Å². The maximum Gasteiger partial charge on any atom is 0.268 e. The van der Waals surface area contributed by atoms with Gasteiger partial charge in [0.1, 0.15) is 10.0 Å². The number of aromatic amines is 1. The molecule has 6 nitrogen and oxygen atoms in total. The number of H-pyrrole nitrogens is 1. The molecule has 4 rings (SSSR count). The van der Waals surface area contributed by atoms with E-state index < -0.39 is 5.91 Å². The quantitative estimate of drug-likeness (QED) is 0.595. The van der Waals surface area contributed by atoms with Crippen LogP contribution in [-0.4, -0.2) is 47.6 Å². The summed E-state index contributed by atoms with van der Waals surface area (Å²) in [5.74, 6) is -0.825. The Hall–Kier alpha value is -2.35. The van der Waals surface area contributed by atoms with Crippen LogP contribution in [0.25, 0.3) is 10.2 Å². The number of halogens is 2. The molecule has 0 saturated carbocycles. The Morgan fingerprint density at radius 3 is 2.83 bits per heavy atom. The van der Waals surface area contributed by atoms with Crippen LogP contribution in [0.15, 0.2) is 30.3 Å². The first-order valence-electron chi connectivity index (χ1n) is 9.46. The Morgan fingerprint density at radius 1 is 1.30 bits per heavy atom. The van der Waals surface area contributed by atoms with Crippen molar-refractivity contribution in [3.05, 3.63) is 56.5 Å². The van der Waals surface area contributed by atoms with Gasteiger partial charge in [0.15, 0.2) is 5.78 Å². The first-order valence-corrected chi connectivity index (χ1v) is 11.0. The molecule has 0 saturated heterocycles. The number of Topliss-reactive ketones (excluding diaryl/α,β-unsaturated/α-hetero) is 1. The van der Waals surface area contributed by atoms with Crippen molar-refractivity contribution in [1.82, 2.24) is 15.2 Å². The summed E-state index contributed by atoms with van der Waals surface area (Å²) in [6.07, 6.45) is 1.53. The number of thiophene rings is 1. The van der Waals surface area contributed by atoms with Crippen molar-refractivity contribution in [2.24, 2.45) is 5.92 Å². The van der Waals surface area contributed by atoms with Crippen LogP contribution in [0.3, 0.4) is 0 Å². The highest BCUT2D eigenvalue weighted by Crippen LogP contribution is 2.38. The Kier molecular flexibility index (Phi) is 5.86. The monoisotopic (exact) mass is 463 g/mol. The summed E-state index contributed by atoms with van der Waals surface area (Å²) in [4.78, 5) is 42.0. The van der Waals surface area contributed by atoms with Crippen LogP contribution in [0, 0.1) is 5.92 Å². The highest BCUT2D eigenvalue weighted by molar-refractivity contribution is 7.23. The zero-order valence-corrected chi connectivity index (χ0v) is 18.5. The van der Waals surface area contributed by atoms with E-state index in [1.807, 2.05) is 24.3 Å². The second-order valence-electron chi connectivity index (χ2n) is 7.33. The molecule has 1 aromatic carbocycles. The summed E-state index contributed by atoms with van der Waals surface area (Å²) in [6.45, 7) is 0.169. The van der Waals surface area contributed by atoms with Crippen LogP contribution in [0.4, 0.5) is 0 Å². The number of carbonyl (C=O) groups is 3. The van der Waals surface area contributed by atoms with Crippen LogP contribution in [0.1, 0.15) is 32.8 Å². The number of rotatable bonds is 5. The number of nitrogens with zero attached hydrogens (tertiary/aromatic N) is 1. The summed E-state index contributed by atoms with van der Waals surface area (Å²) in [6, 6.07) is 9.25. The molecular formula is C21H19Cl2N3O3S. The second kappa shape index (κ2) is 8.41. The number of aryl methyl sites for hydroxylation is 1. The molecular weight excluding hydrogens is 445 g/mol. The van der Waals surface area contributed by atoms with E-state index in [1.54, 1.807) is 13.1 Å². The summed E-state index contributed by atoms with van der Waals surface area (Å²) in [5, 5.41) is 2.99. The Labute approximate surface area is 187 Å². The molecule has 30 heavy (non-hydrogen) atoms. The van der Waals surface area contributed by atoms with E-state index in [9.17, 15) is 14.4 Å². The first kappa shape index (κ1) is 20.9. The molecule has 9 heteroatoms. The number of fused-ring (bicyclic) bond motifs is 2. The normalized spacial score (nSPS) is 15.8. The number of hydrogen-bond donors (Lipinski definition) is 2. The zero-order valence-electron chi connectivity index (χ0n) is 16.1. The van der Waals surface area contributed by atoms with Crippen LogP contribution in [-0.2, 0) is 11.2 Å². The van der Waals surface area contributed by atoms with Gasteiger partial charge in [0.25, 0.3) is 5.91 Å². The first-order chi connectivity index (χ1) is 14.3. The minimum Gasteiger partial charge on any atom is -0.349 e. The average Bonchev–Trinajstić information content (AvgIpc) is 3.27. The van der Waals surface area contributed by atoms with Crippen molar-refractivity contribution >= 4 is 62.4 Å². The predicted octanol–water partition coefficient (Wildman–Crippen LogP) is 4.17. The van der Waals surface area contributed by atoms with E-state index in [-0.39, 0.29) is 24.2 Å². The lowest BCUT2D eigenvalue weighted by Crippen LogP contribution is -2.42. The van der Waals surface area contributed by atoms with Gasteiger partial charge in [0.2, 0.25) is 5.91 Å². The molecule has 1 aliphatic carbocycles. The van der Waals surface area contributed by atoms with Gasteiger partial charge in [-0.2, -0.15) is 0 Å². The number of likely N-dealkylation sites (N-methyl/N-ethyl adjacent to an activating group) is 1. The van der Waals surface area contributed by atoms with Crippen LogP contribution < -0.4 is 5.32 Å².